The molecule has 0 aliphatic carbocycles. The molecule has 1 N–H and O–H groups in total. The van der Waals surface area contributed by atoms with Gasteiger partial charge in [-0.3, -0.25) is 4.79 Å². The lowest BCUT2D eigenvalue weighted by atomic mass is 10.2. The average molecular weight is 336 g/mol. The van der Waals surface area contributed by atoms with Gasteiger partial charge in [-0.1, -0.05) is 35.4 Å². The Bertz CT molecular complexity index is 664. The molecule has 7 heteroatoms. The highest BCUT2D eigenvalue weighted by Gasteiger charge is 2.28. The van der Waals surface area contributed by atoms with Crippen molar-refractivity contribution in [3.05, 3.63) is 66.0 Å². The lowest BCUT2D eigenvalue weighted by Gasteiger charge is -2.07. The highest BCUT2D eigenvalue weighted by molar-refractivity contribution is 7.37. The summed E-state index contributed by atoms with van der Waals surface area (Å²) < 4.78 is 34.8. The molecule has 0 radical (unpaired) electrons. The van der Waals surface area contributed by atoms with Crippen molar-refractivity contribution in [3.8, 4) is 5.75 Å². The second-order valence-corrected chi connectivity index (χ2v) is 5.70. The molecule has 0 amide bonds. The van der Waals surface area contributed by atoms with Crippen LogP contribution in [0.15, 0.2) is 54.6 Å². The Hall–Kier alpha value is -2.30. The zero-order chi connectivity index (χ0) is 16.7. The predicted molar refractivity (Wildman–Crippen MR) is 83.5 cm³/mol. The number of hydrogen-bond donors (Lipinski definition) is 1. The van der Waals surface area contributed by atoms with E-state index in [1.165, 1.54) is 31.2 Å². The van der Waals surface area contributed by atoms with Crippen LogP contribution in [-0.4, -0.2) is 12.0 Å². The number of hydrogen-bond acceptors (Lipinski definition) is 4. The molecule has 0 spiro atoms. The fraction of sp³-hybridized carbons (Fsp3) is 0.188. The van der Waals surface area contributed by atoms with E-state index in [0.29, 0.717) is 0 Å². The maximum atomic E-state index is 12.8. The van der Waals surface area contributed by atoms with E-state index in [2.05, 4.69) is 5.09 Å². The van der Waals surface area contributed by atoms with E-state index in [4.69, 9.17) is 9.26 Å². The molecule has 0 heterocycles. The molecule has 2 aromatic carbocycles. The second kappa shape index (κ2) is 8.36. The molecule has 0 bridgehead atoms. The first-order valence-corrected chi connectivity index (χ1v) is 8.10. The number of esters is 1. The van der Waals surface area contributed by atoms with Crippen molar-refractivity contribution in [1.29, 1.82) is 0 Å². The van der Waals surface area contributed by atoms with Gasteiger partial charge in [-0.25, -0.2) is 8.91 Å². The Morgan fingerprint density at radius 1 is 1.17 bits per heavy atom. The minimum atomic E-state index is -2.33. The number of benzene rings is 2. The van der Waals surface area contributed by atoms with Crippen LogP contribution >= 0.6 is 8.18 Å². The summed E-state index contributed by atoms with van der Waals surface area (Å²) in [5, 5.41) is 2.50. The maximum absolute atomic E-state index is 12.8. The summed E-state index contributed by atoms with van der Waals surface area (Å²) in [6.07, 6.45) is 0. The van der Waals surface area contributed by atoms with Gasteiger partial charge in [0.2, 0.25) is 0 Å². The third kappa shape index (κ3) is 5.77. The predicted octanol–water partition coefficient (Wildman–Crippen LogP) is 3.58. The molecule has 23 heavy (non-hydrogen) atoms. The first-order valence-electron chi connectivity index (χ1n) is 6.92. The summed E-state index contributed by atoms with van der Waals surface area (Å²) >= 11 is 0. The van der Waals surface area contributed by atoms with Gasteiger partial charge in [0.25, 0.3) is 0 Å². The van der Waals surface area contributed by atoms with Crippen molar-refractivity contribution >= 4 is 14.1 Å². The monoisotopic (exact) mass is 336 g/mol. The van der Waals surface area contributed by atoms with Crippen molar-refractivity contribution in [3.63, 3.8) is 0 Å². The Kier molecular flexibility index (Phi) is 6.20. The summed E-state index contributed by atoms with van der Waals surface area (Å²) in [5.74, 6) is -0.719. The van der Waals surface area contributed by atoms with Crippen molar-refractivity contribution in [2.75, 3.05) is 0 Å². The second-order valence-electron chi connectivity index (χ2n) is 4.75. The molecular formula is C16H16FNO4P+. The number of halogens is 1. The number of carbonyl (C=O) groups excluding carboxylic acids is 1. The molecule has 1 unspecified atom stereocenters. The van der Waals surface area contributed by atoms with Crippen LogP contribution in [0.1, 0.15) is 12.5 Å². The van der Waals surface area contributed by atoms with Crippen LogP contribution in [0.5, 0.6) is 5.75 Å². The summed E-state index contributed by atoms with van der Waals surface area (Å²) in [6, 6.07) is 13.5. The molecule has 2 aromatic rings. The third-order valence-electron chi connectivity index (χ3n) is 2.88. The molecule has 0 fully saturated rings. The molecule has 120 valence electrons. The Balaban J connectivity index is 1.78. The SMILES string of the molecule is C[C@H](N[P+](=O)Oc1ccc(F)cc1)C(=O)OCc1ccccc1. The molecule has 5 nitrogen and oxygen atoms in total. The van der Waals surface area contributed by atoms with Crippen molar-refractivity contribution in [2.24, 2.45) is 0 Å². The van der Waals surface area contributed by atoms with Crippen LogP contribution in [0.25, 0.3) is 0 Å². The van der Waals surface area contributed by atoms with E-state index in [1.54, 1.807) is 0 Å². The molecule has 2 atom stereocenters. The van der Waals surface area contributed by atoms with Crippen LogP contribution < -0.4 is 9.61 Å². The third-order valence-corrected chi connectivity index (χ3v) is 3.85. The lowest BCUT2D eigenvalue weighted by molar-refractivity contribution is -0.146. The Morgan fingerprint density at radius 2 is 1.83 bits per heavy atom. The summed E-state index contributed by atoms with van der Waals surface area (Å²) in [7, 11) is -2.33. The molecule has 0 saturated carbocycles. The first kappa shape index (κ1) is 17.1. The molecule has 0 aliphatic rings. The van der Waals surface area contributed by atoms with E-state index < -0.39 is 26.0 Å². The fourth-order valence-electron chi connectivity index (χ4n) is 1.68. The number of ether oxygens (including phenoxy) is 1. The normalized spacial score (nSPS) is 12.3. The minimum absolute atomic E-state index is 0.140. The van der Waals surface area contributed by atoms with E-state index in [0.717, 1.165) is 5.56 Å². The van der Waals surface area contributed by atoms with Gasteiger partial charge in [0.15, 0.2) is 5.75 Å². The highest BCUT2D eigenvalue weighted by atomic mass is 31.1. The van der Waals surface area contributed by atoms with E-state index in [1.807, 2.05) is 30.3 Å². The van der Waals surface area contributed by atoms with Gasteiger partial charge < -0.3 is 4.74 Å². The molecular weight excluding hydrogens is 320 g/mol. The van der Waals surface area contributed by atoms with Gasteiger partial charge in [0.1, 0.15) is 18.5 Å². The molecule has 0 aromatic heterocycles. The average Bonchev–Trinajstić information content (AvgIpc) is 2.55. The number of nitrogens with one attached hydrogen (secondary N) is 1. The Labute approximate surface area is 134 Å². The van der Waals surface area contributed by atoms with Crippen molar-refractivity contribution in [2.45, 2.75) is 19.6 Å². The summed E-state index contributed by atoms with van der Waals surface area (Å²) in [6.45, 7) is 1.66. The summed E-state index contributed by atoms with van der Waals surface area (Å²) in [4.78, 5) is 11.8. The quantitative estimate of drug-likeness (QED) is 0.618. The van der Waals surface area contributed by atoms with E-state index in [9.17, 15) is 13.8 Å². The first-order chi connectivity index (χ1) is 11.0. The fourth-order valence-corrected chi connectivity index (χ4v) is 2.47. The maximum Gasteiger partial charge on any atom is 0.664 e. The van der Waals surface area contributed by atoms with Gasteiger partial charge in [-0.05, 0) is 36.8 Å². The topological polar surface area (TPSA) is 64.6 Å². The summed E-state index contributed by atoms with van der Waals surface area (Å²) in [5.41, 5.74) is 0.861. The van der Waals surface area contributed by atoms with Crippen molar-refractivity contribution in [1.82, 2.24) is 5.09 Å². The number of rotatable bonds is 7. The van der Waals surface area contributed by atoms with Crippen LogP contribution in [0.3, 0.4) is 0 Å². The van der Waals surface area contributed by atoms with Crippen molar-refractivity contribution < 1.29 is 23.0 Å². The minimum Gasteiger partial charge on any atom is -0.460 e. The zero-order valence-corrected chi connectivity index (χ0v) is 13.3. The Morgan fingerprint density at radius 3 is 2.48 bits per heavy atom. The van der Waals surface area contributed by atoms with Crippen LogP contribution in [0.4, 0.5) is 4.39 Å². The van der Waals surface area contributed by atoms with E-state index >= 15 is 0 Å². The smallest absolute Gasteiger partial charge is 0.460 e. The molecule has 0 saturated heterocycles. The zero-order valence-electron chi connectivity index (χ0n) is 12.4. The lowest BCUT2D eigenvalue weighted by Crippen LogP contribution is -2.31. The largest absolute Gasteiger partial charge is 0.664 e. The standard InChI is InChI=1S/C16H16FNO4P/c1-12(16(19)21-11-13-5-3-2-4-6-13)18-23(20)22-15-9-7-14(17)8-10-15/h2-10,12H,11H2,1H3,(H,18,20)/q+1/t12-/m0/s1. The van der Waals surface area contributed by atoms with Crippen LogP contribution in [-0.2, 0) is 20.7 Å². The van der Waals surface area contributed by atoms with E-state index in [-0.39, 0.29) is 12.4 Å². The molecule has 2 rings (SSSR count). The van der Waals surface area contributed by atoms with Gasteiger partial charge in [0, 0.05) is 4.57 Å². The number of carbonyl (C=O) groups is 1. The highest BCUT2D eigenvalue weighted by Crippen LogP contribution is 2.24. The molecule has 0 aliphatic heterocycles. The van der Waals surface area contributed by atoms with Crippen LogP contribution in [0.2, 0.25) is 0 Å². The van der Waals surface area contributed by atoms with Gasteiger partial charge >= 0.3 is 14.1 Å². The van der Waals surface area contributed by atoms with Crippen LogP contribution in [0, 0.1) is 5.82 Å². The van der Waals surface area contributed by atoms with Gasteiger partial charge in [0.05, 0.1) is 0 Å². The van der Waals surface area contributed by atoms with Gasteiger partial charge in [-0.15, -0.1) is 0 Å². The van der Waals surface area contributed by atoms with Gasteiger partial charge in [-0.2, -0.15) is 0 Å².